The number of ketones is 1. The Hall–Kier alpha value is -1.94. The van der Waals surface area contributed by atoms with Crippen molar-refractivity contribution in [2.45, 2.75) is 25.9 Å². The number of hydrogen-bond donors (Lipinski definition) is 1. The van der Waals surface area contributed by atoms with Crippen LogP contribution in [0.2, 0.25) is 0 Å². The molecule has 5 atom stereocenters. The smallest absolute Gasteiger partial charge is 0.335 e. The van der Waals surface area contributed by atoms with Crippen LogP contribution in [0.3, 0.4) is 0 Å². The maximum Gasteiger partial charge on any atom is 0.335 e. The lowest BCUT2D eigenvalue weighted by molar-refractivity contribution is -0.139. The molecule has 4 rings (SSSR count). The van der Waals surface area contributed by atoms with E-state index in [0.717, 1.165) is 12.0 Å². The second-order valence-corrected chi connectivity index (χ2v) is 6.75. The van der Waals surface area contributed by atoms with E-state index in [0.29, 0.717) is 17.6 Å². The average molecular weight is 312 g/mol. The Morgan fingerprint density at radius 2 is 1.96 bits per heavy atom. The second kappa shape index (κ2) is 5.31. The molecule has 0 aromatic heterocycles. The molecule has 0 heterocycles. The van der Waals surface area contributed by atoms with Gasteiger partial charge in [0.25, 0.3) is 0 Å². The molecule has 0 saturated heterocycles. The summed E-state index contributed by atoms with van der Waals surface area (Å²) < 4.78 is 5.25. The van der Waals surface area contributed by atoms with E-state index in [9.17, 15) is 14.7 Å². The van der Waals surface area contributed by atoms with Crippen molar-refractivity contribution in [1.29, 1.82) is 0 Å². The fraction of sp³-hybridized carbons (Fsp3) is 0.474. The van der Waals surface area contributed by atoms with Gasteiger partial charge in [0.15, 0.2) is 5.78 Å². The molecule has 3 aliphatic rings. The maximum absolute atomic E-state index is 13.1. The second-order valence-electron chi connectivity index (χ2n) is 6.75. The van der Waals surface area contributed by atoms with Gasteiger partial charge in [0.2, 0.25) is 0 Å². The Morgan fingerprint density at radius 3 is 2.65 bits per heavy atom. The number of aliphatic hydroxyl groups excluding tert-OH is 1. The molecule has 23 heavy (non-hydrogen) atoms. The molecule has 1 aromatic carbocycles. The van der Waals surface area contributed by atoms with Gasteiger partial charge in [0, 0.05) is 17.4 Å². The van der Waals surface area contributed by atoms with Crippen molar-refractivity contribution >= 4 is 17.3 Å². The minimum atomic E-state index is -0.409. The number of benzene rings is 1. The highest BCUT2D eigenvalue weighted by molar-refractivity contribution is 6.30. The highest BCUT2D eigenvalue weighted by atomic mass is 16.5. The third-order valence-electron chi connectivity index (χ3n) is 5.68. The van der Waals surface area contributed by atoms with Crippen LogP contribution in [0.5, 0.6) is 0 Å². The summed E-state index contributed by atoms with van der Waals surface area (Å²) in [5, 5.41) is 10.3. The number of aliphatic hydroxyl groups is 1. The van der Waals surface area contributed by atoms with E-state index < -0.39 is 12.1 Å². The molecule has 1 aromatic rings. The first kappa shape index (κ1) is 14.6. The summed E-state index contributed by atoms with van der Waals surface area (Å²) in [7, 11) is 0. The summed E-state index contributed by atoms with van der Waals surface area (Å²) in [6.07, 6.45) is 1.11. The zero-order valence-electron chi connectivity index (χ0n) is 13.1. The number of carbonyl (C=O) groups is 2. The number of ether oxygens (including phenoxy) is 1. The normalized spacial score (nSPS) is 34.9. The van der Waals surface area contributed by atoms with Crippen molar-refractivity contribution in [1.82, 2.24) is 0 Å². The molecule has 0 unspecified atom stereocenters. The first-order valence-electron chi connectivity index (χ1n) is 8.32. The number of hydrogen-bond acceptors (Lipinski definition) is 4. The number of esters is 1. The van der Waals surface area contributed by atoms with Crippen LogP contribution < -0.4 is 0 Å². The van der Waals surface area contributed by atoms with Crippen LogP contribution >= 0.6 is 0 Å². The average Bonchev–Trinajstić information content (AvgIpc) is 3.18. The van der Waals surface area contributed by atoms with Crippen LogP contribution in [0.25, 0.3) is 5.57 Å². The molecule has 0 radical (unpaired) electrons. The van der Waals surface area contributed by atoms with Crippen LogP contribution in [0.15, 0.2) is 35.9 Å². The summed E-state index contributed by atoms with van der Waals surface area (Å²) >= 11 is 0. The molecule has 0 amide bonds. The van der Waals surface area contributed by atoms with E-state index in [1.54, 1.807) is 6.92 Å². The largest absolute Gasteiger partial charge is 0.463 e. The fourth-order valence-electron chi connectivity index (χ4n) is 4.91. The van der Waals surface area contributed by atoms with Gasteiger partial charge in [-0.15, -0.1) is 0 Å². The van der Waals surface area contributed by atoms with Crippen molar-refractivity contribution in [2.75, 3.05) is 6.61 Å². The minimum absolute atomic E-state index is 0.00886. The number of allylic oxidation sites excluding steroid dienone is 1. The highest BCUT2D eigenvalue weighted by Crippen LogP contribution is 2.60. The molecule has 0 aliphatic heterocycles. The number of rotatable bonds is 3. The number of carbonyl (C=O) groups excluding carboxylic acids is 2. The quantitative estimate of drug-likeness (QED) is 0.869. The molecule has 0 spiro atoms. The third-order valence-corrected chi connectivity index (χ3v) is 5.68. The van der Waals surface area contributed by atoms with Gasteiger partial charge in [0.1, 0.15) is 0 Å². The molecule has 3 aliphatic carbocycles. The molecular formula is C19H20O4. The minimum Gasteiger partial charge on any atom is -0.463 e. The predicted molar refractivity (Wildman–Crippen MR) is 84.2 cm³/mol. The van der Waals surface area contributed by atoms with Crippen LogP contribution in [0.4, 0.5) is 0 Å². The van der Waals surface area contributed by atoms with Gasteiger partial charge in [-0.25, -0.2) is 4.79 Å². The lowest BCUT2D eigenvalue weighted by Crippen LogP contribution is -2.33. The molecule has 4 nitrogen and oxygen atoms in total. The summed E-state index contributed by atoms with van der Waals surface area (Å²) in [5.74, 6) is -0.466. The van der Waals surface area contributed by atoms with Crippen LogP contribution in [-0.2, 0) is 14.3 Å². The Labute approximate surface area is 135 Å². The van der Waals surface area contributed by atoms with Gasteiger partial charge in [-0.3, -0.25) is 4.79 Å². The van der Waals surface area contributed by atoms with E-state index in [1.807, 2.05) is 30.3 Å². The van der Waals surface area contributed by atoms with E-state index in [2.05, 4.69) is 0 Å². The zero-order chi connectivity index (χ0) is 16.1. The summed E-state index contributed by atoms with van der Waals surface area (Å²) in [5.41, 5.74) is 1.80. The van der Waals surface area contributed by atoms with Gasteiger partial charge in [0.05, 0.1) is 18.3 Å². The Bertz CT molecular complexity index is 691. The maximum atomic E-state index is 13.1. The van der Waals surface area contributed by atoms with Gasteiger partial charge in [-0.2, -0.15) is 0 Å². The Morgan fingerprint density at radius 1 is 1.22 bits per heavy atom. The molecule has 1 N–H and O–H groups in total. The number of Topliss-reactive ketones (excluding diaryl/α,β-unsaturated/α-hetero) is 1. The third kappa shape index (κ3) is 2.01. The summed E-state index contributed by atoms with van der Waals surface area (Å²) in [4.78, 5) is 25.6. The lowest BCUT2D eigenvalue weighted by atomic mass is 9.77. The van der Waals surface area contributed by atoms with E-state index >= 15 is 0 Å². The van der Waals surface area contributed by atoms with Crippen molar-refractivity contribution in [2.24, 2.45) is 23.7 Å². The first-order chi connectivity index (χ1) is 11.1. The molecule has 2 saturated carbocycles. The summed E-state index contributed by atoms with van der Waals surface area (Å²) in [6.45, 7) is 2.05. The van der Waals surface area contributed by atoms with Crippen LogP contribution in [0, 0.1) is 23.7 Å². The van der Waals surface area contributed by atoms with E-state index in [-0.39, 0.29) is 36.1 Å². The first-order valence-corrected chi connectivity index (χ1v) is 8.32. The Balaban J connectivity index is 1.86. The monoisotopic (exact) mass is 312 g/mol. The Kier molecular flexibility index (Phi) is 3.38. The topological polar surface area (TPSA) is 63.6 Å². The SMILES string of the molecule is CCOC(=O)C1=C(c2ccccc2)C(=O)[C@H]2[C@H]3C[C@@H]([C@@H]12)[C@H](O)C3. The van der Waals surface area contributed by atoms with E-state index in [4.69, 9.17) is 4.74 Å². The number of fused-ring (bicyclic) bond motifs is 5. The van der Waals surface area contributed by atoms with Crippen LogP contribution in [0.1, 0.15) is 25.3 Å². The van der Waals surface area contributed by atoms with Gasteiger partial charge in [-0.1, -0.05) is 30.3 Å². The van der Waals surface area contributed by atoms with Crippen molar-refractivity contribution in [3.05, 3.63) is 41.5 Å². The molecule has 120 valence electrons. The van der Waals surface area contributed by atoms with Crippen LogP contribution in [-0.4, -0.2) is 29.6 Å². The van der Waals surface area contributed by atoms with Crippen molar-refractivity contribution in [3.63, 3.8) is 0 Å². The standard InChI is InChI=1S/C19H20O4/c1-2-23-19(22)17-14(10-6-4-3-5-7-10)18(21)15-11-8-12(16(15)17)13(20)9-11/h3-7,11-13,15-16,20H,2,8-9H2,1H3/t11-,12+,13+,15-,16+/m0/s1. The predicted octanol–water partition coefficient (Wildman–Crippen LogP) is 2.22. The van der Waals surface area contributed by atoms with Crippen molar-refractivity contribution < 1.29 is 19.4 Å². The van der Waals surface area contributed by atoms with Gasteiger partial charge >= 0.3 is 5.97 Å². The lowest BCUT2D eigenvalue weighted by Gasteiger charge is -2.28. The van der Waals surface area contributed by atoms with Crippen molar-refractivity contribution in [3.8, 4) is 0 Å². The zero-order valence-corrected chi connectivity index (χ0v) is 13.1. The fourth-order valence-corrected chi connectivity index (χ4v) is 4.91. The van der Waals surface area contributed by atoms with E-state index in [1.165, 1.54) is 0 Å². The summed E-state index contributed by atoms with van der Waals surface area (Å²) in [6, 6.07) is 9.37. The molecule has 2 fully saturated rings. The highest BCUT2D eigenvalue weighted by Gasteiger charge is 2.61. The molecular weight excluding hydrogens is 292 g/mol. The van der Waals surface area contributed by atoms with Gasteiger partial charge in [-0.05, 0) is 37.2 Å². The molecule has 4 heteroatoms. The van der Waals surface area contributed by atoms with Gasteiger partial charge < -0.3 is 9.84 Å². The molecule has 2 bridgehead atoms.